The molecule has 1 aromatic carbocycles. The van der Waals surface area contributed by atoms with Crippen LogP contribution in [0.15, 0.2) is 40.2 Å². The van der Waals surface area contributed by atoms with E-state index in [-0.39, 0.29) is 0 Å². The van der Waals surface area contributed by atoms with Gasteiger partial charge in [-0.3, -0.25) is 0 Å². The summed E-state index contributed by atoms with van der Waals surface area (Å²) in [4.78, 5) is 1.36. The van der Waals surface area contributed by atoms with Crippen molar-refractivity contribution in [3.05, 3.63) is 56.2 Å². The number of rotatable bonds is 4. The highest BCUT2D eigenvalue weighted by Gasteiger charge is 2.12. The van der Waals surface area contributed by atoms with Gasteiger partial charge in [0.15, 0.2) is 0 Å². The smallest absolute Gasteiger partial charge is 0.0391 e. The van der Waals surface area contributed by atoms with Crippen molar-refractivity contribution < 1.29 is 0 Å². The van der Waals surface area contributed by atoms with Gasteiger partial charge in [-0.05, 0) is 48.3 Å². The summed E-state index contributed by atoms with van der Waals surface area (Å²) >= 11 is 5.29. The normalized spacial score (nSPS) is 14.4. The number of nitrogens with one attached hydrogen (secondary N) is 1. The minimum atomic E-state index is 0.362. The monoisotopic (exact) mass is 323 g/mol. The highest BCUT2D eigenvalue weighted by Crippen LogP contribution is 2.27. The minimum absolute atomic E-state index is 0.362. The molecule has 1 N–H and O–H groups in total. The van der Waals surface area contributed by atoms with Crippen LogP contribution in [0.5, 0.6) is 0 Å². The Morgan fingerprint density at radius 3 is 2.33 bits per heavy atom. The third-order valence-corrected chi connectivity index (χ3v) is 4.97. The lowest BCUT2D eigenvalue weighted by Crippen LogP contribution is -2.21. The Kier molecular flexibility index (Phi) is 4.60. The van der Waals surface area contributed by atoms with E-state index in [9.17, 15) is 0 Å². The van der Waals surface area contributed by atoms with E-state index in [2.05, 4.69) is 77.7 Å². The van der Waals surface area contributed by atoms with E-state index in [0.29, 0.717) is 12.1 Å². The fraction of sp³-hybridized carbons (Fsp3) is 0.333. The summed E-state index contributed by atoms with van der Waals surface area (Å²) < 4.78 is 1.17. The van der Waals surface area contributed by atoms with Gasteiger partial charge in [-0.2, -0.15) is 0 Å². The van der Waals surface area contributed by atoms with Gasteiger partial charge in [0.05, 0.1) is 0 Å². The lowest BCUT2D eigenvalue weighted by atomic mass is 10.1. The molecule has 0 radical (unpaired) electrons. The first-order chi connectivity index (χ1) is 8.56. The van der Waals surface area contributed by atoms with E-state index < -0.39 is 0 Å². The van der Waals surface area contributed by atoms with Crippen molar-refractivity contribution in [2.75, 3.05) is 0 Å². The molecule has 0 saturated carbocycles. The highest BCUT2D eigenvalue weighted by molar-refractivity contribution is 9.10. The van der Waals surface area contributed by atoms with Gasteiger partial charge in [0.1, 0.15) is 0 Å². The van der Waals surface area contributed by atoms with Crippen LogP contribution in [0.2, 0.25) is 0 Å². The Morgan fingerprint density at radius 2 is 1.78 bits per heavy atom. The number of benzene rings is 1. The van der Waals surface area contributed by atoms with E-state index in [4.69, 9.17) is 0 Å². The molecule has 1 unspecified atom stereocenters. The minimum Gasteiger partial charge on any atom is -0.303 e. The Labute approximate surface area is 121 Å². The SMILES string of the molecule is Cc1ccc([C@H](C)NC(C)c2cc(Br)cs2)cc1. The number of aryl methyl sites for hydroxylation is 1. The molecule has 0 spiro atoms. The third-order valence-electron chi connectivity index (χ3n) is 3.09. The van der Waals surface area contributed by atoms with Crippen LogP contribution < -0.4 is 5.32 Å². The van der Waals surface area contributed by atoms with Crippen LogP contribution in [0.1, 0.15) is 41.9 Å². The first-order valence-electron chi connectivity index (χ1n) is 6.13. The molecule has 0 saturated heterocycles. The zero-order valence-corrected chi connectivity index (χ0v) is 13.3. The maximum Gasteiger partial charge on any atom is 0.0391 e. The van der Waals surface area contributed by atoms with Crippen LogP contribution in [0.25, 0.3) is 0 Å². The first-order valence-corrected chi connectivity index (χ1v) is 7.80. The molecule has 2 aromatic rings. The number of hydrogen-bond acceptors (Lipinski definition) is 2. The van der Waals surface area contributed by atoms with Crippen molar-refractivity contribution in [2.24, 2.45) is 0 Å². The van der Waals surface area contributed by atoms with Crippen LogP contribution in [0.3, 0.4) is 0 Å². The first kappa shape index (κ1) is 13.8. The van der Waals surface area contributed by atoms with E-state index in [0.717, 1.165) is 0 Å². The number of halogens is 1. The number of thiophene rings is 1. The second-order valence-electron chi connectivity index (χ2n) is 4.69. The van der Waals surface area contributed by atoms with Crippen molar-refractivity contribution in [1.82, 2.24) is 5.32 Å². The molecule has 0 bridgehead atoms. The zero-order valence-electron chi connectivity index (χ0n) is 10.9. The lowest BCUT2D eigenvalue weighted by molar-refractivity contribution is 0.500. The van der Waals surface area contributed by atoms with Crippen molar-refractivity contribution in [2.45, 2.75) is 32.9 Å². The fourth-order valence-corrected chi connectivity index (χ4v) is 3.43. The van der Waals surface area contributed by atoms with Crippen molar-refractivity contribution in [3.8, 4) is 0 Å². The molecule has 1 heterocycles. The van der Waals surface area contributed by atoms with Crippen LogP contribution >= 0.6 is 27.3 Å². The summed E-state index contributed by atoms with van der Waals surface area (Å²) in [5.74, 6) is 0. The molecule has 0 amide bonds. The molecule has 0 aliphatic carbocycles. The molecule has 1 aromatic heterocycles. The highest BCUT2D eigenvalue weighted by atomic mass is 79.9. The van der Waals surface area contributed by atoms with Crippen molar-refractivity contribution >= 4 is 27.3 Å². The van der Waals surface area contributed by atoms with Gasteiger partial charge in [0.2, 0.25) is 0 Å². The molecule has 96 valence electrons. The molecular formula is C15H18BrNS. The maximum absolute atomic E-state index is 3.63. The van der Waals surface area contributed by atoms with E-state index in [1.54, 1.807) is 11.3 Å². The van der Waals surface area contributed by atoms with Gasteiger partial charge in [0.25, 0.3) is 0 Å². The quantitative estimate of drug-likeness (QED) is 0.812. The van der Waals surface area contributed by atoms with Crippen LogP contribution in [-0.4, -0.2) is 0 Å². The summed E-state index contributed by atoms with van der Waals surface area (Å²) in [5, 5.41) is 5.76. The van der Waals surface area contributed by atoms with Gasteiger partial charge in [-0.15, -0.1) is 11.3 Å². The standard InChI is InChI=1S/C15H18BrNS/c1-10-4-6-13(7-5-10)11(2)17-12(3)15-8-14(16)9-18-15/h4-9,11-12,17H,1-3H3/t11-,12?/m0/s1. The summed E-state index contributed by atoms with van der Waals surface area (Å²) in [6.45, 7) is 6.54. The Morgan fingerprint density at radius 1 is 1.11 bits per heavy atom. The van der Waals surface area contributed by atoms with Gasteiger partial charge < -0.3 is 5.32 Å². The summed E-state index contributed by atoms with van der Waals surface area (Å²) in [7, 11) is 0. The largest absolute Gasteiger partial charge is 0.303 e. The Balaban J connectivity index is 2.02. The third kappa shape index (κ3) is 3.44. The van der Waals surface area contributed by atoms with Gasteiger partial charge >= 0.3 is 0 Å². The van der Waals surface area contributed by atoms with Crippen molar-refractivity contribution in [3.63, 3.8) is 0 Å². The number of hydrogen-bond donors (Lipinski definition) is 1. The average molecular weight is 324 g/mol. The van der Waals surface area contributed by atoms with Crippen LogP contribution in [0, 0.1) is 6.92 Å². The topological polar surface area (TPSA) is 12.0 Å². The van der Waals surface area contributed by atoms with E-state index >= 15 is 0 Å². The average Bonchev–Trinajstić information content (AvgIpc) is 2.76. The molecule has 2 rings (SSSR count). The maximum atomic E-state index is 3.63. The van der Waals surface area contributed by atoms with Gasteiger partial charge in [0, 0.05) is 26.8 Å². The van der Waals surface area contributed by atoms with Crippen LogP contribution in [0.4, 0.5) is 0 Å². The lowest BCUT2D eigenvalue weighted by Gasteiger charge is -2.19. The van der Waals surface area contributed by atoms with Gasteiger partial charge in [-0.25, -0.2) is 0 Å². The Hall–Kier alpha value is -0.640. The fourth-order valence-electron chi connectivity index (χ4n) is 1.96. The van der Waals surface area contributed by atoms with Crippen LogP contribution in [-0.2, 0) is 0 Å². The molecular weight excluding hydrogens is 306 g/mol. The molecule has 0 aliphatic rings. The summed E-state index contributed by atoms with van der Waals surface area (Å²) in [5.41, 5.74) is 2.64. The molecule has 18 heavy (non-hydrogen) atoms. The molecule has 1 nitrogen and oxygen atoms in total. The van der Waals surface area contributed by atoms with E-state index in [1.165, 1.54) is 20.5 Å². The predicted molar refractivity (Wildman–Crippen MR) is 83.2 cm³/mol. The predicted octanol–water partition coefficient (Wildman–Crippen LogP) is 5.23. The summed E-state index contributed by atoms with van der Waals surface area (Å²) in [6, 6.07) is 11.7. The van der Waals surface area contributed by atoms with Crippen molar-refractivity contribution in [1.29, 1.82) is 0 Å². The summed E-state index contributed by atoms with van der Waals surface area (Å²) in [6.07, 6.45) is 0. The van der Waals surface area contributed by atoms with E-state index in [1.807, 2.05) is 0 Å². The second kappa shape index (κ2) is 6.00. The molecule has 0 fully saturated rings. The molecule has 2 atom stereocenters. The van der Waals surface area contributed by atoms with Gasteiger partial charge in [-0.1, -0.05) is 29.8 Å². The Bertz CT molecular complexity index is 503. The molecule has 3 heteroatoms. The molecule has 0 aliphatic heterocycles. The zero-order chi connectivity index (χ0) is 13.1. The second-order valence-corrected chi connectivity index (χ2v) is 6.55.